The van der Waals surface area contributed by atoms with Crippen molar-refractivity contribution < 1.29 is 5.11 Å². The lowest BCUT2D eigenvalue weighted by atomic mass is 9.86. The molecule has 0 aliphatic heterocycles. The summed E-state index contributed by atoms with van der Waals surface area (Å²) in [5, 5.41) is 13.1. The molecule has 2 atom stereocenters. The second-order valence-corrected chi connectivity index (χ2v) is 5.66. The van der Waals surface area contributed by atoms with E-state index >= 15 is 0 Å². The van der Waals surface area contributed by atoms with Gasteiger partial charge in [0.05, 0.1) is 6.10 Å². The number of H-pyrrole nitrogens is 1. The maximum absolute atomic E-state index is 11.5. The summed E-state index contributed by atoms with van der Waals surface area (Å²) in [5.74, 6) is 1.75. The smallest absolute Gasteiger partial charge is 0.252 e. The normalized spacial score (nSPS) is 23.6. The zero-order valence-electron chi connectivity index (χ0n) is 11.6. The second kappa shape index (κ2) is 6.19. The number of aromatic nitrogens is 2. The summed E-state index contributed by atoms with van der Waals surface area (Å²) in [7, 11) is 0. The van der Waals surface area contributed by atoms with E-state index in [9.17, 15) is 9.90 Å². The molecule has 0 radical (unpaired) electrons. The molecule has 0 aromatic carbocycles. The van der Waals surface area contributed by atoms with Gasteiger partial charge in [0.2, 0.25) is 0 Å². The number of hydrogen-bond acceptors (Lipinski definition) is 4. The quantitative estimate of drug-likeness (QED) is 0.776. The number of aromatic amines is 1. The van der Waals surface area contributed by atoms with Crippen LogP contribution in [0.1, 0.15) is 51.3 Å². The van der Waals surface area contributed by atoms with Crippen molar-refractivity contribution in [1.82, 2.24) is 9.97 Å². The summed E-state index contributed by atoms with van der Waals surface area (Å²) in [4.78, 5) is 18.7. The fourth-order valence-electron chi connectivity index (χ4n) is 2.50. The van der Waals surface area contributed by atoms with Gasteiger partial charge >= 0.3 is 0 Å². The van der Waals surface area contributed by atoms with Gasteiger partial charge in [0.15, 0.2) is 0 Å². The first-order valence-electron chi connectivity index (χ1n) is 7.09. The molecule has 1 heterocycles. The van der Waals surface area contributed by atoms with E-state index in [0.717, 1.165) is 19.3 Å². The number of aliphatic hydroxyl groups is 1. The topological polar surface area (TPSA) is 78.0 Å². The average Bonchev–Trinajstić information content (AvgIpc) is 2.37. The third-order valence-electron chi connectivity index (χ3n) is 3.72. The van der Waals surface area contributed by atoms with Crippen molar-refractivity contribution in [2.24, 2.45) is 5.92 Å². The minimum absolute atomic E-state index is 0.134. The lowest BCUT2D eigenvalue weighted by Gasteiger charge is -2.27. The number of anilines is 1. The van der Waals surface area contributed by atoms with Crippen LogP contribution in [0.2, 0.25) is 0 Å². The van der Waals surface area contributed by atoms with Crippen molar-refractivity contribution in [1.29, 1.82) is 0 Å². The van der Waals surface area contributed by atoms with Crippen LogP contribution in [0.15, 0.2) is 10.9 Å². The van der Waals surface area contributed by atoms with Gasteiger partial charge in [-0.2, -0.15) is 0 Å². The molecule has 1 saturated carbocycles. The van der Waals surface area contributed by atoms with Gasteiger partial charge in [0.1, 0.15) is 11.6 Å². The molecule has 2 unspecified atom stereocenters. The van der Waals surface area contributed by atoms with Crippen LogP contribution in [0.25, 0.3) is 0 Å². The van der Waals surface area contributed by atoms with Crippen LogP contribution in [0.4, 0.5) is 5.82 Å². The molecule has 5 nitrogen and oxygen atoms in total. The molecule has 1 aliphatic carbocycles. The molecular formula is C14H23N3O2. The van der Waals surface area contributed by atoms with Gasteiger partial charge in [0, 0.05) is 24.4 Å². The number of aliphatic hydroxyl groups excluding tert-OH is 1. The minimum Gasteiger partial charge on any atom is -0.393 e. The molecular weight excluding hydrogens is 242 g/mol. The monoisotopic (exact) mass is 265 g/mol. The molecule has 3 N–H and O–H groups in total. The molecule has 0 spiro atoms. The van der Waals surface area contributed by atoms with E-state index in [1.165, 1.54) is 12.5 Å². The highest BCUT2D eigenvalue weighted by atomic mass is 16.3. The Hall–Kier alpha value is -1.36. The van der Waals surface area contributed by atoms with Crippen molar-refractivity contribution in [3.05, 3.63) is 22.2 Å². The Labute approximate surface area is 113 Å². The van der Waals surface area contributed by atoms with Crippen molar-refractivity contribution >= 4 is 5.82 Å². The maximum atomic E-state index is 11.5. The Bertz CT molecular complexity index is 470. The molecule has 5 heteroatoms. The summed E-state index contributed by atoms with van der Waals surface area (Å²) in [6.45, 7) is 4.66. The van der Waals surface area contributed by atoms with Gasteiger partial charge in [-0.05, 0) is 12.8 Å². The zero-order chi connectivity index (χ0) is 13.8. The molecule has 19 heavy (non-hydrogen) atoms. The lowest BCUT2D eigenvalue weighted by molar-refractivity contribution is 0.0763. The van der Waals surface area contributed by atoms with Crippen LogP contribution in [0.3, 0.4) is 0 Å². The van der Waals surface area contributed by atoms with E-state index in [0.29, 0.717) is 18.2 Å². The number of nitrogens with one attached hydrogen (secondary N) is 2. The molecule has 0 amide bonds. The highest BCUT2D eigenvalue weighted by Crippen LogP contribution is 2.24. The van der Waals surface area contributed by atoms with E-state index < -0.39 is 0 Å². The number of hydrogen-bond donors (Lipinski definition) is 3. The van der Waals surface area contributed by atoms with Gasteiger partial charge in [-0.15, -0.1) is 0 Å². The summed E-state index contributed by atoms with van der Waals surface area (Å²) >= 11 is 0. The second-order valence-electron chi connectivity index (χ2n) is 5.66. The summed E-state index contributed by atoms with van der Waals surface area (Å²) in [6, 6.07) is 1.47. The Balaban J connectivity index is 2.00. The predicted octanol–water partition coefficient (Wildman–Crippen LogP) is 1.86. The standard InChI is InChI=1S/C14H23N3O2/c1-9(2)14-16-12(7-13(19)17-14)15-8-10-5-3-4-6-11(10)18/h7,9-11,18H,3-6,8H2,1-2H3,(H2,15,16,17,19). The molecule has 0 bridgehead atoms. The fraction of sp³-hybridized carbons (Fsp3) is 0.714. The van der Waals surface area contributed by atoms with Gasteiger partial charge in [-0.25, -0.2) is 4.98 Å². The Morgan fingerprint density at radius 1 is 1.47 bits per heavy atom. The van der Waals surface area contributed by atoms with Crippen LogP contribution in [-0.2, 0) is 0 Å². The summed E-state index contributed by atoms with van der Waals surface area (Å²) in [6.07, 6.45) is 3.97. The summed E-state index contributed by atoms with van der Waals surface area (Å²) in [5.41, 5.74) is -0.134. The molecule has 1 aromatic rings. The van der Waals surface area contributed by atoms with E-state index in [1.54, 1.807) is 0 Å². The van der Waals surface area contributed by atoms with Gasteiger partial charge < -0.3 is 15.4 Å². The van der Waals surface area contributed by atoms with Crippen molar-refractivity contribution in [3.8, 4) is 0 Å². The van der Waals surface area contributed by atoms with Crippen molar-refractivity contribution in [2.45, 2.75) is 51.6 Å². The highest BCUT2D eigenvalue weighted by molar-refractivity contribution is 5.33. The van der Waals surface area contributed by atoms with E-state index in [4.69, 9.17) is 0 Å². The predicted molar refractivity (Wildman–Crippen MR) is 75.4 cm³/mol. The molecule has 1 fully saturated rings. The SMILES string of the molecule is CC(C)c1nc(NCC2CCCCC2O)cc(=O)[nH]1. The molecule has 0 saturated heterocycles. The number of nitrogens with zero attached hydrogens (tertiary/aromatic N) is 1. The third kappa shape index (κ3) is 3.80. The lowest BCUT2D eigenvalue weighted by Crippen LogP contribution is -2.30. The Morgan fingerprint density at radius 3 is 2.89 bits per heavy atom. The molecule has 1 aromatic heterocycles. The van der Waals surface area contributed by atoms with Crippen LogP contribution in [-0.4, -0.2) is 27.7 Å². The highest BCUT2D eigenvalue weighted by Gasteiger charge is 2.22. The maximum Gasteiger partial charge on any atom is 0.252 e. The van der Waals surface area contributed by atoms with Gasteiger partial charge in [0.25, 0.3) is 5.56 Å². The summed E-state index contributed by atoms with van der Waals surface area (Å²) < 4.78 is 0. The van der Waals surface area contributed by atoms with Crippen LogP contribution < -0.4 is 10.9 Å². The Kier molecular flexibility index (Phi) is 4.58. The third-order valence-corrected chi connectivity index (χ3v) is 3.72. The molecule has 1 aliphatic rings. The largest absolute Gasteiger partial charge is 0.393 e. The van der Waals surface area contributed by atoms with E-state index in [-0.39, 0.29) is 23.5 Å². The van der Waals surface area contributed by atoms with E-state index in [1.807, 2.05) is 13.8 Å². The first-order valence-corrected chi connectivity index (χ1v) is 7.09. The number of rotatable bonds is 4. The van der Waals surface area contributed by atoms with E-state index in [2.05, 4.69) is 15.3 Å². The minimum atomic E-state index is -0.229. The van der Waals surface area contributed by atoms with Gasteiger partial charge in [-0.1, -0.05) is 26.7 Å². The molecule has 106 valence electrons. The molecule has 2 rings (SSSR count). The first-order chi connectivity index (χ1) is 9.06. The van der Waals surface area contributed by atoms with Crippen molar-refractivity contribution in [3.63, 3.8) is 0 Å². The fourth-order valence-corrected chi connectivity index (χ4v) is 2.50. The Morgan fingerprint density at radius 2 is 2.21 bits per heavy atom. The first kappa shape index (κ1) is 14.1. The average molecular weight is 265 g/mol. The zero-order valence-corrected chi connectivity index (χ0v) is 11.6. The van der Waals surface area contributed by atoms with Crippen LogP contribution in [0.5, 0.6) is 0 Å². The van der Waals surface area contributed by atoms with Gasteiger partial charge in [-0.3, -0.25) is 4.79 Å². The van der Waals surface area contributed by atoms with Crippen molar-refractivity contribution in [2.75, 3.05) is 11.9 Å². The van der Waals surface area contributed by atoms with Crippen LogP contribution in [0, 0.1) is 5.92 Å². The van der Waals surface area contributed by atoms with Crippen LogP contribution >= 0.6 is 0 Å².